The molecule has 0 heterocycles. The smallest absolute Gasteiger partial charge is 0.319 e. The van der Waals surface area contributed by atoms with Gasteiger partial charge >= 0.3 is 6.03 Å². The molecule has 0 aliphatic heterocycles. The monoisotopic (exact) mass is 311 g/mol. The second-order valence-electron chi connectivity index (χ2n) is 5.24. The van der Waals surface area contributed by atoms with Gasteiger partial charge in [-0.1, -0.05) is 42.5 Å². The Morgan fingerprint density at radius 2 is 1.61 bits per heavy atom. The maximum Gasteiger partial charge on any atom is 0.319 e. The van der Waals surface area contributed by atoms with E-state index in [1.54, 1.807) is 13.1 Å². The molecule has 0 unspecified atom stereocenters. The molecule has 0 saturated carbocycles. The van der Waals surface area contributed by atoms with E-state index in [1.165, 1.54) is 0 Å². The molecule has 120 valence electrons. The van der Waals surface area contributed by atoms with Crippen molar-refractivity contribution in [1.82, 2.24) is 10.6 Å². The second kappa shape index (κ2) is 7.98. The van der Waals surface area contributed by atoms with E-state index in [9.17, 15) is 9.59 Å². The molecule has 2 aromatic rings. The minimum absolute atomic E-state index is 0.0976. The van der Waals surface area contributed by atoms with Gasteiger partial charge in [0.1, 0.15) is 0 Å². The molecule has 3 amide bonds. The number of carbonyl (C=O) groups excluding carboxylic acids is 2. The number of rotatable bonds is 5. The van der Waals surface area contributed by atoms with Crippen molar-refractivity contribution in [3.05, 3.63) is 65.2 Å². The average molecular weight is 311 g/mol. The first-order valence-corrected chi connectivity index (χ1v) is 7.48. The van der Waals surface area contributed by atoms with Gasteiger partial charge in [0.15, 0.2) is 0 Å². The lowest BCUT2D eigenvalue weighted by atomic mass is 10.1. The number of amides is 3. The molecule has 2 aromatic carbocycles. The summed E-state index contributed by atoms with van der Waals surface area (Å²) in [6.45, 7) is 2.46. The van der Waals surface area contributed by atoms with Gasteiger partial charge < -0.3 is 16.0 Å². The summed E-state index contributed by atoms with van der Waals surface area (Å²) < 4.78 is 0. The fraction of sp³-hybridized carbons (Fsp3) is 0.222. The Morgan fingerprint density at radius 1 is 0.957 bits per heavy atom. The fourth-order valence-corrected chi connectivity index (χ4v) is 2.21. The second-order valence-corrected chi connectivity index (χ2v) is 5.24. The topological polar surface area (TPSA) is 70.2 Å². The normalized spacial score (nSPS) is 10.0. The third-order valence-electron chi connectivity index (χ3n) is 3.60. The number of hydrogen-bond acceptors (Lipinski definition) is 2. The number of aryl methyl sites for hydroxylation is 1. The molecule has 23 heavy (non-hydrogen) atoms. The number of likely N-dealkylation sites (N-methyl/N-ethyl adjacent to an activating group) is 1. The number of urea groups is 1. The van der Waals surface area contributed by atoms with Crippen molar-refractivity contribution < 1.29 is 9.59 Å². The molecule has 0 spiro atoms. The Balaban J connectivity index is 1.98. The van der Waals surface area contributed by atoms with Crippen molar-refractivity contribution in [3.63, 3.8) is 0 Å². The largest absolute Gasteiger partial charge is 0.359 e. The number of anilines is 1. The number of para-hydroxylation sites is 1. The van der Waals surface area contributed by atoms with Crippen LogP contribution in [-0.4, -0.2) is 19.0 Å². The zero-order valence-electron chi connectivity index (χ0n) is 13.3. The lowest BCUT2D eigenvalue weighted by Crippen LogP contribution is -2.29. The first kappa shape index (κ1) is 16.5. The zero-order valence-corrected chi connectivity index (χ0v) is 13.3. The van der Waals surface area contributed by atoms with Crippen LogP contribution in [0.15, 0.2) is 48.5 Å². The molecule has 2 rings (SSSR count). The van der Waals surface area contributed by atoms with Crippen LogP contribution in [0.25, 0.3) is 0 Å². The van der Waals surface area contributed by atoms with Crippen LogP contribution in [0, 0.1) is 6.92 Å². The Bertz CT molecular complexity index is 698. The molecule has 5 nitrogen and oxygen atoms in total. The van der Waals surface area contributed by atoms with Crippen molar-refractivity contribution in [2.24, 2.45) is 0 Å². The number of hydrogen-bond donors (Lipinski definition) is 3. The molecular weight excluding hydrogens is 290 g/mol. The van der Waals surface area contributed by atoms with Gasteiger partial charge in [-0.3, -0.25) is 4.79 Å². The Hall–Kier alpha value is -2.82. The number of nitrogens with one attached hydrogen (secondary N) is 3. The molecular formula is C18H21N3O2. The maximum absolute atomic E-state index is 12.1. The van der Waals surface area contributed by atoms with E-state index in [0.717, 1.165) is 16.7 Å². The van der Waals surface area contributed by atoms with Crippen molar-refractivity contribution in [3.8, 4) is 0 Å². The molecule has 5 heteroatoms. The third-order valence-corrected chi connectivity index (χ3v) is 3.60. The molecule has 0 fully saturated rings. The molecule has 0 atom stereocenters. The van der Waals surface area contributed by atoms with Crippen LogP contribution in [0.2, 0.25) is 0 Å². The highest BCUT2D eigenvalue weighted by molar-refractivity contribution is 5.91. The minimum atomic E-state index is -0.294. The fourth-order valence-electron chi connectivity index (χ4n) is 2.21. The van der Waals surface area contributed by atoms with E-state index in [-0.39, 0.29) is 18.4 Å². The van der Waals surface area contributed by atoms with Gasteiger partial charge in [0.25, 0.3) is 0 Å². The minimum Gasteiger partial charge on any atom is -0.359 e. The summed E-state index contributed by atoms with van der Waals surface area (Å²) in [4.78, 5) is 23.6. The number of carbonyl (C=O) groups is 2. The summed E-state index contributed by atoms with van der Waals surface area (Å²) in [7, 11) is 1.59. The molecule has 0 aliphatic rings. The molecule has 0 saturated heterocycles. The highest BCUT2D eigenvalue weighted by Gasteiger charge is 2.09. The Labute approximate surface area is 136 Å². The van der Waals surface area contributed by atoms with E-state index in [2.05, 4.69) is 16.0 Å². The third kappa shape index (κ3) is 4.85. The van der Waals surface area contributed by atoms with Crippen molar-refractivity contribution in [2.45, 2.75) is 19.9 Å². The van der Waals surface area contributed by atoms with Crippen LogP contribution in [-0.2, 0) is 17.8 Å². The predicted molar refractivity (Wildman–Crippen MR) is 91.3 cm³/mol. The molecule has 0 bridgehead atoms. The summed E-state index contributed by atoms with van der Waals surface area (Å²) in [5.74, 6) is -0.0976. The van der Waals surface area contributed by atoms with Crippen LogP contribution in [0.4, 0.5) is 10.5 Å². The van der Waals surface area contributed by atoms with Gasteiger partial charge in [-0.25, -0.2) is 4.79 Å². The van der Waals surface area contributed by atoms with Crippen molar-refractivity contribution in [1.29, 1.82) is 0 Å². The van der Waals surface area contributed by atoms with Crippen molar-refractivity contribution >= 4 is 17.6 Å². The van der Waals surface area contributed by atoms with E-state index in [4.69, 9.17) is 0 Å². The van der Waals surface area contributed by atoms with E-state index in [1.807, 2.05) is 49.4 Å². The lowest BCUT2D eigenvalue weighted by Gasteiger charge is -2.12. The molecule has 3 N–H and O–H groups in total. The van der Waals surface area contributed by atoms with Crippen LogP contribution < -0.4 is 16.0 Å². The maximum atomic E-state index is 12.1. The van der Waals surface area contributed by atoms with Crippen molar-refractivity contribution in [2.75, 3.05) is 12.4 Å². The molecule has 0 aromatic heterocycles. The summed E-state index contributed by atoms with van der Waals surface area (Å²) in [6.07, 6.45) is 0.227. The summed E-state index contributed by atoms with van der Waals surface area (Å²) in [5.41, 5.74) is 3.62. The average Bonchev–Trinajstić information content (AvgIpc) is 2.56. The Morgan fingerprint density at radius 3 is 2.30 bits per heavy atom. The predicted octanol–water partition coefficient (Wildman–Crippen LogP) is 2.61. The zero-order chi connectivity index (χ0) is 16.7. The first-order chi connectivity index (χ1) is 11.1. The van der Waals surface area contributed by atoms with E-state index >= 15 is 0 Å². The summed E-state index contributed by atoms with van der Waals surface area (Å²) >= 11 is 0. The van der Waals surface area contributed by atoms with Gasteiger partial charge in [-0.05, 0) is 29.7 Å². The van der Waals surface area contributed by atoms with Gasteiger partial charge in [-0.15, -0.1) is 0 Å². The summed E-state index contributed by atoms with van der Waals surface area (Å²) in [6, 6.07) is 14.9. The SMILES string of the molecule is CNC(=O)Cc1ccccc1NC(=O)NCc1ccccc1C. The first-order valence-electron chi connectivity index (χ1n) is 7.48. The standard InChI is InChI=1S/C18H21N3O2/c1-13-7-3-4-9-15(13)12-20-18(23)21-16-10-6-5-8-14(16)11-17(22)19-2/h3-10H,11-12H2,1-2H3,(H,19,22)(H2,20,21,23). The Kier molecular flexibility index (Phi) is 5.74. The summed E-state index contributed by atoms with van der Waals surface area (Å²) in [5, 5.41) is 8.21. The lowest BCUT2D eigenvalue weighted by molar-refractivity contribution is -0.119. The van der Waals surface area contributed by atoms with Gasteiger partial charge in [0.05, 0.1) is 6.42 Å². The van der Waals surface area contributed by atoms with Gasteiger partial charge in [-0.2, -0.15) is 0 Å². The van der Waals surface area contributed by atoms with Crippen LogP contribution in [0.1, 0.15) is 16.7 Å². The van der Waals surface area contributed by atoms with Gasteiger partial charge in [0.2, 0.25) is 5.91 Å². The van der Waals surface area contributed by atoms with Crippen LogP contribution in [0.5, 0.6) is 0 Å². The van der Waals surface area contributed by atoms with Crippen LogP contribution in [0.3, 0.4) is 0 Å². The highest BCUT2D eigenvalue weighted by Crippen LogP contribution is 2.15. The van der Waals surface area contributed by atoms with E-state index < -0.39 is 0 Å². The van der Waals surface area contributed by atoms with E-state index in [0.29, 0.717) is 12.2 Å². The quantitative estimate of drug-likeness (QED) is 0.794. The van der Waals surface area contributed by atoms with Gasteiger partial charge in [0, 0.05) is 19.3 Å². The highest BCUT2D eigenvalue weighted by atomic mass is 16.2. The molecule has 0 radical (unpaired) electrons. The van der Waals surface area contributed by atoms with Crippen LogP contribution >= 0.6 is 0 Å². The molecule has 0 aliphatic carbocycles. The number of benzene rings is 2.